The van der Waals surface area contributed by atoms with E-state index in [0.29, 0.717) is 18.3 Å². The molecule has 0 aliphatic heterocycles. The van der Waals surface area contributed by atoms with Crippen LogP contribution in [-0.2, 0) is 6.67 Å². The third-order valence-corrected chi connectivity index (χ3v) is 9.01. The number of nitrogens with zero attached hydrogens (tertiary/aromatic N) is 4. The molecular weight excluding hydrogens is 576 g/mol. The van der Waals surface area contributed by atoms with Gasteiger partial charge in [0.25, 0.3) is 0 Å². The first-order valence-electron chi connectivity index (χ1n) is 15.7. The van der Waals surface area contributed by atoms with Crippen LogP contribution in [0.1, 0.15) is 11.1 Å². The molecule has 0 saturated heterocycles. The summed E-state index contributed by atoms with van der Waals surface area (Å²) in [5.41, 5.74) is 5.83. The van der Waals surface area contributed by atoms with Crippen LogP contribution in [0.5, 0.6) is 0 Å². The predicted octanol–water partition coefficient (Wildman–Crippen LogP) is 10.6. The topological polar surface area (TPSA) is 55.1 Å². The lowest BCUT2D eigenvalue weighted by Crippen LogP contribution is -2.07. The summed E-state index contributed by atoms with van der Waals surface area (Å²) >= 11 is 0. The molecule has 0 bridgehead atoms. The highest BCUT2D eigenvalue weighted by atomic mass is 16.3. The summed E-state index contributed by atoms with van der Waals surface area (Å²) in [6.07, 6.45) is 0. The molecule has 5 heteroatoms. The number of rotatable bonds is 4. The number of para-hydroxylation sites is 1. The Bertz CT molecular complexity index is 2720. The van der Waals surface area contributed by atoms with Crippen LogP contribution in [0, 0.1) is 0 Å². The number of benzene rings is 7. The van der Waals surface area contributed by atoms with E-state index < -0.39 is 0 Å². The standard InChI is InChI=1S/C42H28N4O/c1-43-41(28-15-4-2-5-16-28)45-42(29-17-6-3-7-18-29)44-26-46-38-30-19-9-8-14-27(30)24-25-34(38)36-37-33-22-12-13-23-35(33)47-40(37)32-21-11-10-20-31(32)39(36)46/h2-25H,1,26H2/b44-42-,45-41?. The molecule has 2 aromatic heterocycles. The van der Waals surface area contributed by atoms with Gasteiger partial charge in [-0.2, -0.15) is 0 Å². The SMILES string of the molecule is C=NC(=N/C(=N\Cn1c2c3ccccc3ccc2c2c3c4ccccc4oc3c3ccccc3c21)c1ccccc1)c1ccccc1. The van der Waals surface area contributed by atoms with E-state index in [4.69, 9.17) is 14.4 Å². The molecule has 47 heavy (non-hydrogen) atoms. The average Bonchev–Trinajstić information content (AvgIpc) is 3.69. The summed E-state index contributed by atoms with van der Waals surface area (Å²) < 4.78 is 8.96. The number of aliphatic imine (C=N–C) groups is 3. The maximum absolute atomic E-state index is 6.60. The van der Waals surface area contributed by atoms with Crippen molar-refractivity contribution in [1.29, 1.82) is 0 Å². The molecule has 2 heterocycles. The van der Waals surface area contributed by atoms with Crippen molar-refractivity contribution in [2.45, 2.75) is 6.67 Å². The van der Waals surface area contributed by atoms with Crippen LogP contribution >= 0.6 is 0 Å². The van der Waals surface area contributed by atoms with Crippen molar-refractivity contribution in [3.8, 4) is 0 Å². The van der Waals surface area contributed by atoms with E-state index in [9.17, 15) is 0 Å². The first-order valence-corrected chi connectivity index (χ1v) is 15.7. The molecule has 0 saturated carbocycles. The highest BCUT2D eigenvalue weighted by Gasteiger charge is 2.23. The van der Waals surface area contributed by atoms with Gasteiger partial charge in [0.05, 0.1) is 11.0 Å². The second kappa shape index (κ2) is 10.9. The Balaban J connectivity index is 1.41. The van der Waals surface area contributed by atoms with Gasteiger partial charge in [-0.3, -0.25) is 0 Å². The Morgan fingerprint density at radius 2 is 1.15 bits per heavy atom. The highest BCUT2D eigenvalue weighted by molar-refractivity contribution is 6.37. The zero-order chi connectivity index (χ0) is 31.3. The first kappa shape index (κ1) is 27.0. The van der Waals surface area contributed by atoms with Crippen molar-refractivity contribution >= 4 is 83.7 Å². The minimum absolute atomic E-state index is 0.340. The second-order valence-corrected chi connectivity index (χ2v) is 11.6. The van der Waals surface area contributed by atoms with Gasteiger partial charge in [0.1, 0.15) is 17.8 Å². The number of hydrogen-bond donors (Lipinski definition) is 0. The number of fused-ring (bicyclic) bond motifs is 12. The minimum Gasteiger partial charge on any atom is -0.455 e. The van der Waals surface area contributed by atoms with Gasteiger partial charge in [0.2, 0.25) is 0 Å². The Morgan fingerprint density at radius 3 is 1.89 bits per heavy atom. The van der Waals surface area contributed by atoms with Crippen LogP contribution in [0.3, 0.4) is 0 Å². The van der Waals surface area contributed by atoms with Gasteiger partial charge in [-0.15, -0.1) is 0 Å². The summed E-state index contributed by atoms with van der Waals surface area (Å²) in [6.45, 7) is 4.18. The van der Waals surface area contributed by atoms with Crippen molar-refractivity contribution in [2.75, 3.05) is 0 Å². The van der Waals surface area contributed by atoms with Crippen molar-refractivity contribution in [3.63, 3.8) is 0 Å². The van der Waals surface area contributed by atoms with E-state index in [0.717, 1.165) is 54.9 Å². The van der Waals surface area contributed by atoms with Crippen LogP contribution < -0.4 is 0 Å². The average molecular weight is 605 g/mol. The molecule has 9 rings (SSSR count). The van der Waals surface area contributed by atoms with Crippen molar-refractivity contribution in [2.24, 2.45) is 15.0 Å². The largest absolute Gasteiger partial charge is 0.455 e. The predicted molar refractivity (Wildman–Crippen MR) is 197 cm³/mol. The van der Waals surface area contributed by atoms with Gasteiger partial charge in [0, 0.05) is 48.8 Å². The lowest BCUT2D eigenvalue weighted by atomic mass is 9.98. The van der Waals surface area contributed by atoms with Crippen LogP contribution in [0.2, 0.25) is 0 Å². The van der Waals surface area contributed by atoms with E-state index in [1.165, 1.54) is 21.5 Å². The Labute approximate surface area is 270 Å². The van der Waals surface area contributed by atoms with Gasteiger partial charge in [0.15, 0.2) is 11.7 Å². The molecule has 0 atom stereocenters. The van der Waals surface area contributed by atoms with E-state index in [1.807, 2.05) is 66.7 Å². The fraction of sp³-hybridized carbons (Fsp3) is 0.0238. The lowest BCUT2D eigenvalue weighted by molar-refractivity contribution is 0.673. The molecule has 0 spiro atoms. The van der Waals surface area contributed by atoms with Crippen molar-refractivity contribution in [3.05, 3.63) is 157 Å². The summed E-state index contributed by atoms with van der Waals surface area (Å²) in [5.74, 6) is 1.11. The van der Waals surface area contributed by atoms with Crippen LogP contribution in [-0.4, -0.2) is 23.0 Å². The molecule has 7 aromatic carbocycles. The maximum Gasteiger partial charge on any atom is 0.161 e. The van der Waals surface area contributed by atoms with E-state index >= 15 is 0 Å². The van der Waals surface area contributed by atoms with Crippen molar-refractivity contribution in [1.82, 2.24) is 4.57 Å². The summed E-state index contributed by atoms with van der Waals surface area (Å²) in [6, 6.07) is 49.9. The summed E-state index contributed by atoms with van der Waals surface area (Å²) in [5, 5.41) is 9.10. The van der Waals surface area contributed by atoms with Crippen LogP contribution in [0.15, 0.2) is 165 Å². The van der Waals surface area contributed by atoms with Gasteiger partial charge >= 0.3 is 0 Å². The molecule has 0 N–H and O–H groups in total. The molecule has 0 fully saturated rings. The fourth-order valence-corrected chi connectivity index (χ4v) is 6.96. The van der Waals surface area contributed by atoms with E-state index in [1.54, 1.807) is 0 Å². The fourth-order valence-electron chi connectivity index (χ4n) is 6.96. The van der Waals surface area contributed by atoms with E-state index in [2.05, 4.69) is 95.1 Å². The zero-order valence-corrected chi connectivity index (χ0v) is 25.5. The zero-order valence-electron chi connectivity index (χ0n) is 25.5. The first-order chi connectivity index (χ1) is 23.3. The van der Waals surface area contributed by atoms with Gasteiger partial charge in [-0.25, -0.2) is 15.0 Å². The quantitative estimate of drug-likeness (QED) is 0.146. The Hall–Kier alpha value is -6.33. The van der Waals surface area contributed by atoms with Gasteiger partial charge in [-0.1, -0.05) is 140 Å². The van der Waals surface area contributed by atoms with Gasteiger partial charge in [-0.05, 0) is 18.2 Å². The third-order valence-electron chi connectivity index (χ3n) is 9.01. The second-order valence-electron chi connectivity index (χ2n) is 11.6. The molecule has 0 aliphatic carbocycles. The molecule has 0 unspecified atom stereocenters. The van der Waals surface area contributed by atoms with Crippen molar-refractivity contribution < 1.29 is 4.42 Å². The lowest BCUT2D eigenvalue weighted by Gasteiger charge is -2.11. The molecule has 0 amide bonds. The Morgan fingerprint density at radius 1 is 0.532 bits per heavy atom. The molecule has 9 aromatic rings. The van der Waals surface area contributed by atoms with Crippen LogP contribution in [0.4, 0.5) is 0 Å². The molecule has 0 radical (unpaired) electrons. The Kier molecular flexibility index (Phi) is 6.28. The highest BCUT2D eigenvalue weighted by Crippen LogP contribution is 2.46. The normalized spacial score (nSPS) is 12.7. The molecule has 5 nitrogen and oxygen atoms in total. The number of amidine groups is 2. The summed E-state index contributed by atoms with van der Waals surface area (Å²) in [7, 11) is 0. The molecular formula is C42H28N4O. The molecule has 222 valence electrons. The number of furan rings is 1. The minimum atomic E-state index is 0.340. The molecule has 0 aliphatic rings. The van der Waals surface area contributed by atoms with Crippen LogP contribution in [0.25, 0.3) is 65.3 Å². The summed E-state index contributed by atoms with van der Waals surface area (Å²) in [4.78, 5) is 14.6. The monoisotopic (exact) mass is 604 g/mol. The number of hydrogen-bond acceptors (Lipinski definition) is 2. The third kappa shape index (κ3) is 4.28. The smallest absolute Gasteiger partial charge is 0.161 e. The van der Waals surface area contributed by atoms with E-state index in [-0.39, 0.29) is 0 Å². The maximum atomic E-state index is 6.60. The van der Waals surface area contributed by atoms with Gasteiger partial charge < -0.3 is 8.98 Å². The number of aromatic nitrogens is 1.